The summed E-state index contributed by atoms with van der Waals surface area (Å²) in [5.41, 5.74) is 1.32. The molecule has 0 N–H and O–H groups in total. The van der Waals surface area contributed by atoms with Gasteiger partial charge in [-0.25, -0.2) is 0 Å². The predicted octanol–water partition coefficient (Wildman–Crippen LogP) is 3.50. The minimum atomic E-state index is 0. The zero-order chi connectivity index (χ0) is 9.36. The van der Waals surface area contributed by atoms with Crippen LogP contribution in [0.4, 0.5) is 0 Å². The number of aromatic nitrogens is 1. The van der Waals surface area contributed by atoms with Crippen molar-refractivity contribution >= 4 is 12.4 Å². The van der Waals surface area contributed by atoms with Gasteiger partial charge in [-0.1, -0.05) is 42.0 Å². The summed E-state index contributed by atoms with van der Waals surface area (Å²) in [5, 5.41) is 0. The number of halogens is 1. The van der Waals surface area contributed by atoms with Gasteiger partial charge in [-0.05, 0) is 19.1 Å². The summed E-state index contributed by atoms with van der Waals surface area (Å²) < 4.78 is 0. The molecule has 0 spiro atoms. The third-order valence-corrected chi connectivity index (χ3v) is 1.51. The largest absolute Gasteiger partial charge is 0.265 e. The Morgan fingerprint density at radius 1 is 0.786 bits per heavy atom. The molecular formula is C12H14ClN. The van der Waals surface area contributed by atoms with Gasteiger partial charge in [0.05, 0.1) is 0 Å². The van der Waals surface area contributed by atoms with E-state index in [9.17, 15) is 0 Å². The third-order valence-electron chi connectivity index (χ3n) is 1.51. The van der Waals surface area contributed by atoms with Crippen molar-refractivity contribution in [1.82, 2.24) is 4.98 Å². The maximum Gasteiger partial charge on any atom is 0.0267 e. The van der Waals surface area contributed by atoms with Gasteiger partial charge in [-0.3, -0.25) is 4.98 Å². The van der Waals surface area contributed by atoms with E-state index in [0.717, 1.165) is 0 Å². The van der Waals surface area contributed by atoms with Gasteiger partial charge in [-0.2, -0.15) is 0 Å². The van der Waals surface area contributed by atoms with Crippen LogP contribution in [0.5, 0.6) is 0 Å². The predicted molar refractivity (Wildman–Crippen MR) is 62.7 cm³/mol. The fourth-order valence-electron chi connectivity index (χ4n) is 0.847. The lowest BCUT2D eigenvalue weighted by molar-refractivity contribution is 1.33. The van der Waals surface area contributed by atoms with E-state index < -0.39 is 0 Å². The number of rotatable bonds is 0. The first-order chi connectivity index (χ1) is 6.39. The van der Waals surface area contributed by atoms with Crippen molar-refractivity contribution in [2.45, 2.75) is 6.92 Å². The second-order valence-electron chi connectivity index (χ2n) is 2.68. The molecule has 0 aliphatic heterocycles. The maximum atomic E-state index is 3.78. The lowest BCUT2D eigenvalue weighted by Crippen LogP contribution is -1.62. The Labute approximate surface area is 91.2 Å². The maximum absolute atomic E-state index is 3.78. The summed E-state index contributed by atoms with van der Waals surface area (Å²) in [7, 11) is 0. The number of hydrogen-bond acceptors (Lipinski definition) is 1. The molecule has 74 valence electrons. The van der Waals surface area contributed by atoms with Gasteiger partial charge in [-0.15, -0.1) is 12.4 Å². The Hall–Kier alpha value is -1.34. The van der Waals surface area contributed by atoms with Crippen molar-refractivity contribution in [3.05, 3.63) is 66.5 Å². The first kappa shape index (κ1) is 12.7. The van der Waals surface area contributed by atoms with Crippen LogP contribution in [-0.2, 0) is 0 Å². The zero-order valence-electron chi connectivity index (χ0n) is 8.13. The van der Waals surface area contributed by atoms with Crippen LogP contribution in [0.2, 0.25) is 0 Å². The number of benzene rings is 1. The van der Waals surface area contributed by atoms with Gasteiger partial charge < -0.3 is 0 Å². The highest BCUT2D eigenvalue weighted by molar-refractivity contribution is 5.85. The molecule has 0 aliphatic rings. The van der Waals surface area contributed by atoms with E-state index in [-0.39, 0.29) is 12.4 Å². The standard InChI is InChI=1S/C7H8.C5H5N.ClH/c1-7-5-3-2-4-6-7;1-2-4-6-5-3-1;/h2-6H,1H3;1-5H;1H. The van der Waals surface area contributed by atoms with E-state index >= 15 is 0 Å². The summed E-state index contributed by atoms with van der Waals surface area (Å²) >= 11 is 0. The molecule has 0 radical (unpaired) electrons. The van der Waals surface area contributed by atoms with Crippen LogP contribution in [0.1, 0.15) is 5.56 Å². The van der Waals surface area contributed by atoms with E-state index in [0.29, 0.717) is 0 Å². The van der Waals surface area contributed by atoms with Crippen molar-refractivity contribution in [3.8, 4) is 0 Å². The lowest BCUT2D eigenvalue weighted by atomic mass is 10.2. The molecule has 1 heterocycles. The van der Waals surface area contributed by atoms with Gasteiger partial charge in [0.15, 0.2) is 0 Å². The molecule has 0 fully saturated rings. The second-order valence-corrected chi connectivity index (χ2v) is 2.68. The van der Waals surface area contributed by atoms with Gasteiger partial charge in [0, 0.05) is 12.4 Å². The monoisotopic (exact) mass is 207 g/mol. The molecule has 0 aliphatic carbocycles. The number of nitrogens with zero attached hydrogens (tertiary/aromatic N) is 1. The Balaban J connectivity index is 0.000000227. The molecule has 0 saturated heterocycles. The van der Waals surface area contributed by atoms with Crippen LogP contribution in [0.25, 0.3) is 0 Å². The Bertz CT molecular complexity index is 281. The van der Waals surface area contributed by atoms with Crippen LogP contribution >= 0.6 is 12.4 Å². The summed E-state index contributed by atoms with van der Waals surface area (Å²) in [6.45, 7) is 2.08. The quantitative estimate of drug-likeness (QED) is 0.645. The third kappa shape index (κ3) is 6.21. The minimum absolute atomic E-state index is 0. The highest BCUT2D eigenvalue weighted by Gasteiger charge is 1.72. The SMILES string of the molecule is Cc1ccccc1.Cl.c1ccncc1. The summed E-state index contributed by atoms with van der Waals surface area (Å²) in [6.07, 6.45) is 3.50. The van der Waals surface area contributed by atoms with E-state index in [2.05, 4.69) is 24.0 Å². The summed E-state index contributed by atoms with van der Waals surface area (Å²) in [5.74, 6) is 0. The highest BCUT2D eigenvalue weighted by Crippen LogP contribution is 1.92. The molecule has 1 nitrogen and oxygen atoms in total. The smallest absolute Gasteiger partial charge is 0.0267 e. The molecule has 1 aromatic heterocycles. The zero-order valence-corrected chi connectivity index (χ0v) is 8.95. The van der Waals surface area contributed by atoms with E-state index in [4.69, 9.17) is 0 Å². The molecule has 2 rings (SSSR count). The van der Waals surface area contributed by atoms with E-state index in [1.165, 1.54) is 5.56 Å². The molecule has 0 unspecified atom stereocenters. The van der Waals surface area contributed by atoms with Crippen molar-refractivity contribution in [2.24, 2.45) is 0 Å². The van der Waals surface area contributed by atoms with Crippen molar-refractivity contribution in [2.75, 3.05) is 0 Å². The van der Waals surface area contributed by atoms with Crippen LogP contribution < -0.4 is 0 Å². The average molecular weight is 208 g/mol. The Morgan fingerprint density at radius 3 is 1.50 bits per heavy atom. The molecule has 0 bridgehead atoms. The molecular weight excluding hydrogens is 194 g/mol. The fraction of sp³-hybridized carbons (Fsp3) is 0.0833. The van der Waals surface area contributed by atoms with Gasteiger partial charge in [0.25, 0.3) is 0 Å². The number of pyridine rings is 1. The molecule has 2 aromatic rings. The molecule has 0 saturated carbocycles. The number of hydrogen-bond donors (Lipinski definition) is 0. The van der Waals surface area contributed by atoms with Crippen LogP contribution in [0.15, 0.2) is 60.9 Å². The molecule has 0 amide bonds. The van der Waals surface area contributed by atoms with Gasteiger partial charge >= 0.3 is 0 Å². The molecule has 0 atom stereocenters. The van der Waals surface area contributed by atoms with Crippen molar-refractivity contribution in [3.63, 3.8) is 0 Å². The van der Waals surface area contributed by atoms with Crippen LogP contribution in [0, 0.1) is 6.92 Å². The number of aryl methyl sites for hydroxylation is 1. The van der Waals surface area contributed by atoms with Gasteiger partial charge in [0.1, 0.15) is 0 Å². The topological polar surface area (TPSA) is 12.9 Å². The summed E-state index contributed by atoms with van der Waals surface area (Å²) in [6, 6.07) is 16.0. The van der Waals surface area contributed by atoms with Crippen LogP contribution in [0.3, 0.4) is 0 Å². The molecule has 2 heteroatoms. The van der Waals surface area contributed by atoms with Crippen molar-refractivity contribution in [1.29, 1.82) is 0 Å². The lowest BCUT2D eigenvalue weighted by Gasteiger charge is -1.82. The first-order valence-electron chi connectivity index (χ1n) is 4.26. The fourth-order valence-corrected chi connectivity index (χ4v) is 0.847. The second kappa shape index (κ2) is 8.27. The average Bonchev–Trinajstić information content (AvgIpc) is 2.22. The highest BCUT2D eigenvalue weighted by atomic mass is 35.5. The van der Waals surface area contributed by atoms with Gasteiger partial charge in [0.2, 0.25) is 0 Å². The Kier molecular flexibility index (Phi) is 7.48. The van der Waals surface area contributed by atoms with Crippen molar-refractivity contribution < 1.29 is 0 Å². The Morgan fingerprint density at radius 2 is 1.29 bits per heavy atom. The van der Waals surface area contributed by atoms with E-state index in [1.54, 1.807) is 12.4 Å². The first-order valence-corrected chi connectivity index (χ1v) is 4.26. The minimum Gasteiger partial charge on any atom is -0.265 e. The van der Waals surface area contributed by atoms with E-state index in [1.807, 2.05) is 36.4 Å². The summed E-state index contributed by atoms with van der Waals surface area (Å²) in [4.78, 5) is 3.78. The molecule has 1 aromatic carbocycles. The molecule has 14 heavy (non-hydrogen) atoms. The van der Waals surface area contributed by atoms with Crippen LogP contribution in [-0.4, -0.2) is 4.98 Å². The normalized spacial score (nSPS) is 7.79.